The van der Waals surface area contributed by atoms with Crippen molar-refractivity contribution in [2.45, 2.75) is 140 Å². The van der Waals surface area contributed by atoms with Gasteiger partial charge >= 0.3 is 0 Å². The van der Waals surface area contributed by atoms with Gasteiger partial charge in [-0.05, 0) is 72.5 Å². The van der Waals surface area contributed by atoms with Crippen LogP contribution in [0.3, 0.4) is 0 Å². The van der Waals surface area contributed by atoms with Gasteiger partial charge in [-0.2, -0.15) is 0 Å². The zero-order chi connectivity index (χ0) is 22.6. The molecule has 0 nitrogen and oxygen atoms in total. The van der Waals surface area contributed by atoms with Crippen LogP contribution in [0.25, 0.3) is 0 Å². The van der Waals surface area contributed by atoms with Crippen LogP contribution in [0, 0.1) is 46.8 Å². The Kier molecular flexibility index (Phi) is 14.9. The van der Waals surface area contributed by atoms with Crippen LogP contribution < -0.4 is 0 Å². The molecule has 2 fully saturated rings. The van der Waals surface area contributed by atoms with Crippen LogP contribution in [0.1, 0.15) is 140 Å². The van der Waals surface area contributed by atoms with Crippen molar-refractivity contribution in [1.82, 2.24) is 0 Å². The van der Waals surface area contributed by atoms with Crippen LogP contribution in [-0.2, 0) is 0 Å². The minimum Gasteiger partial charge on any atom is -0.0628 e. The molecule has 0 heterocycles. The third-order valence-corrected chi connectivity index (χ3v) is 7.51. The van der Waals surface area contributed by atoms with E-state index in [4.69, 9.17) is 0 Å². The van der Waals surface area contributed by atoms with E-state index in [1.54, 1.807) is 0 Å². The summed E-state index contributed by atoms with van der Waals surface area (Å²) in [6.07, 6.45) is 14.6. The maximum absolute atomic E-state index is 2.42. The Morgan fingerprint density at radius 2 is 1.21 bits per heavy atom. The summed E-state index contributed by atoms with van der Waals surface area (Å²) in [5.41, 5.74) is 0.532. The molecule has 2 aliphatic rings. The van der Waals surface area contributed by atoms with Crippen molar-refractivity contribution in [1.29, 1.82) is 0 Å². The molecule has 0 saturated heterocycles. The first-order valence-electron chi connectivity index (χ1n) is 13.3. The quantitative estimate of drug-likeness (QED) is 0.434. The van der Waals surface area contributed by atoms with Crippen LogP contribution in [0.2, 0.25) is 0 Å². The summed E-state index contributed by atoms with van der Waals surface area (Å²) in [5.74, 6) is 6.76. The molecule has 176 valence electrons. The summed E-state index contributed by atoms with van der Waals surface area (Å²) < 4.78 is 0. The monoisotopic (exact) mass is 408 g/mol. The maximum Gasteiger partial charge on any atom is -0.0365 e. The van der Waals surface area contributed by atoms with Crippen molar-refractivity contribution in [3.8, 4) is 0 Å². The lowest BCUT2D eigenvalue weighted by Crippen LogP contribution is -2.21. The molecular formula is C29H60. The Morgan fingerprint density at radius 3 is 1.52 bits per heavy atom. The second-order valence-corrected chi connectivity index (χ2v) is 12.9. The van der Waals surface area contributed by atoms with Crippen molar-refractivity contribution in [3.05, 3.63) is 0 Å². The van der Waals surface area contributed by atoms with E-state index < -0.39 is 0 Å². The van der Waals surface area contributed by atoms with Gasteiger partial charge in [0.1, 0.15) is 0 Å². The van der Waals surface area contributed by atoms with Gasteiger partial charge in [-0.25, -0.2) is 0 Å². The van der Waals surface area contributed by atoms with Gasteiger partial charge in [0.25, 0.3) is 0 Å². The van der Waals surface area contributed by atoms with Crippen molar-refractivity contribution in [3.63, 3.8) is 0 Å². The number of hydrogen-bond donors (Lipinski definition) is 0. The molecule has 0 bridgehead atoms. The van der Waals surface area contributed by atoms with Gasteiger partial charge in [0.2, 0.25) is 0 Å². The highest BCUT2D eigenvalue weighted by Gasteiger charge is 2.23. The van der Waals surface area contributed by atoms with E-state index in [9.17, 15) is 0 Å². The molecule has 29 heavy (non-hydrogen) atoms. The van der Waals surface area contributed by atoms with Gasteiger partial charge in [0.05, 0.1) is 0 Å². The third kappa shape index (κ3) is 15.5. The minimum atomic E-state index is 0.532. The summed E-state index contributed by atoms with van der Waals surface area (Å²) >= 11 is 0. The Balaban J connectivity index is 0.000000407. The predicted molar refractivity (Wildman–Crippen MR) is 135 cm³/mol. The SMILES string of the molecule is CC(C)C1CCCCC1C.CC(C)CCC(C)(C)C.CC1CCC(C(C)C)CC1. The lowest BCUT2D eigenvalue weighted by atomic mass is 9.75. The lowest BCUT2D eigenvalue weighted by Gasteiger charge is -2.31. The molecule has 0 radical (unpaired) electrons. The topological polar surface area (TPSA) is 0 Å². The maximum atomic E-state index is 2.42. The van der Waals surface area contributed by atoms with E-state index in [2.05, 4.69) is 76.2 Å². The molecule has 2 aliphatic carbocycles. The second kappa shape index (κ2) is 14.9. The van der Waals surface area contributed by atoms with Crippen molar-refractivity contribution in [2.75, 3.05) is 0 Å². The zero-order valence-corrected chi connectivity index (χ0v) is 22.6. The van der Waals surface area contributed by atoms with Crippen molar-refractivity contribution >= 4 is 0 Å². The first-order chi connectivity index (χ1) is 13.3. The van der Waals surface area contributed by atoms with Crippen LogP contribution in [0.5, 0.6) is 0 Å². The van der Waals surface area contributed by atoms with Gasteiger partial charge in [-0.15, -0.1) is 0 Å². The average Bonchev–Trinajstić information content (AvgIpc) is 2.61. The predicted octanol–water partition coefficient (Wildman–Crippen LogP) is 10.4. The Morgan fingerprint density at radius 1 is 0.690 bits per heavy atom. The largest absolute Gasteiger partial charge is 0.0628 e. The smallest absolute Gasteiger partial charge is 0.0365 e. The molecule has 0 N–H and O–H groups in total. The molecule has 0 aromatic carbocycles. The van der Waals surface area contributed by atoms with E-state index in [0.29, 0.717) is 5.41 Å². The van der Waals surface area contributed by atoms with Gasteiger partial charge in [-0.1, -0.05) is 115 Å². The summed E-state index contributed by atoms with van der Waals surface area (Å²) in [7, 11) is 0. The van der Waals surface area contributed by atoms with Crippen molar-refractivity contribution < 1.29 is 0 Å². The summed E-state index contributed by atoms with van der Waals surface area (Å²) in [5, 5.41) is 0. The van der Waals surface area contributed by atoms with Crippen LogP contribution in [-0.4, -0.2) is 0 Å². The molecule has 0 heteroatoms. The van der Waals surface area contributed by atoms with Crippen LogP contribution in [0.15, 0.2) is 0 Å². The molecule has 2 unspecified atom stereocenters. The standard InChI is InChI=1S/2C10H20.C9H20/c1-8(2)10-6-4-9(3)5-7-10;1-8(2)10-7-5-4-6-9(10)3;1-8(2)6-7-9(3,4)5/h2*8-10H,4-7H2,1-3H3;8H,6-7H2,1-5H3. The van der Waals surface area contributed by atoms with Crippen LogP contribution >= 0.6 is 0 Å². The first-order valence-corrected chi connectivity index (χ1v) is 13.3. The summed E-state index contributed by atoms with van der Waals surface area (Å²) in [6.45, 7) is 25.7. The van der Waals surface area contributed by atoms with E-state index in [1.165, 1.54) is 64.2 Å². The van der Waals surface area contributed by atoms with Gasteiger partial charge in [0.15, 0.2) is 0 Å². The van der Waals surface area contributed by atoms with Gasteiger partial charge in [0, 0.05) is 0 Å². The fourth-order valence-corrected chi connectivity index (χ4v) is 5.01. The Labute approximate surface area is 187 Å². The molecule has 2 rings (SSSR count). The molecule has 2 saturated carbocycles. The fourth-order valence-electron chi connectivity index (χ4n) is 5.01. The van der Waals surface area contributed by atoms with E-state index in [-0.39, 0.29) is 0 Å². The molecule has 2 atom stereocenters. The Hall–Kier alpha value is 0. The Bertz CT molecular complexity index is 362. The highest BCUT2D eigenvalue weighted by Crippen LogP contribution is 2.34. The minimum absolute atomic E-state index is 0.532. The molecule has 0 amide bonds. The number of hydrogen-bond acceptors (Lipinski definition) is 0. The molecular weight excluding hydrogens is 348 g/mol. The second-order valence-electron chi connectivity index (χ2n) is 12.9. The summed E-state index contributed by atoms with van der Waals surface area (Å²) in [4.78, 5) is 0. The number of rotatable bonds is 4. The van der Waals surface area contributed by atoms with Crippen LogP contribution in [0.4, 0.5) is 0 Å². The highest BCUT2D eigenvalue weighted by atomic mass is 14.3. The van der Waals surface area contributed by atoms with E-state index >= 15 is 0 Å². The van der Waals surface area contributed by atoms with E-state index in [0.717, 1.165) is 41.4 Å². The van der Waals surface area contributed by atoms with E-state index in [1.807, 2.05) is 0 Å². The molecule has 0 aliphatic heterocycles. The normalized spacial score (nSPS) is 27.9. The molecule has 0 spiro atoms. The third-order valence-electron chi connectivity index (χ3n) is 7.51. The first kappa shape index (κ1) is 29.0. The zero-order valence-electron chi connectivity index (χ0n) is 22.6. The lowest BCUT2D eigenvalue weighted by molar-refractivity contribution is 0.196. The van der Waals surface area contributed by atoms with Gasteiger partial charge in [-0.3, -0.25) is 0 Å². The molecule has 0 aromatic rings. The summed E-state index contributed by atoms with van der Waals surface area (Å²) in [6, 6.07) is 0. The molecule has 0 aromatic heterocycles. The van der Waals surface area contributed by atoms with Crippen molar-refractivity contribution in [2.24, 2.45) is 46.8 Å². The van der Waals surface area contributed by atoms with Gasteiger partial charge < -0.3 is 0 Å². The highest BCUT2D eigenvalue weighted by molar-refractivity contribution is 4.74. The fraction of sp³-hybridized carbons (Fsp3) is 1.00. The average molecular weight is 409 g/mol.